The number of ether oxygens (including phenoxy) is 1. The molecule has 4 heteroatoms. The molecule has 0 aliphatic rings. The van der Waals surface area contributed by atoms with Crippen molar-refractivity contribution < 1.29 is 4.74 Å². The van der Waals surface area contributed by atoms with Gasteiger partial charge in [0.25, 0.3) is 0 Å². The van der Waals surface area contributed by atoms with Gasteiger partial charge in [-0.25, -0.2) is 4.98 Å². The molecule has 0 radical (unpaired) electrons. The summed E-state index contributed by atoms with van der Waals surface area (Å²) in [5, 5.41) is 0. The van der Waals surface area contributed by atoms with Crippen molar-refractivity contribution >= 4 is 27.0 Å². The lowest BCUT2D eigenvalue weighted by atomic mass is 10.1. The highest BCUT2D eigenvalue weighted by Gasteiger charge is 2.08. The number of nitrogens with zero attached hydrogens (tertiary/aromatic N) is 2. The molecule has 2 aromatic heterocycles. The predicted molar refractivity (Wildman–Crippen MR) is 83.2 cm³/mol. The molecule has 0 atom stereocenters. The fourth-order valence-electron chi connectivity index (χ4n) is 2.02. The van der Waals surface area contributed by atoms with Gasteiger partial charge < -0.3 is 4.74 Å². The van der Waals surface area contributed by atoms with Crippen molar-refractivity contribution in [1.29, 1.82) is 0 Å². The number of benzene rings is 1. The molecule has 0 bridgehead atoms. The lowest BCUT2D eigenvalue weighted by molar-refractivity contribution is 0.482. The summed E-state index contributed by atoms with van der Waals surface area (Å²) in [6.45, 7) is 4.13. The standard InChI is InChI=1S/C16H13BrN2O/c1-10-4-3-5-14(11(10)2)20-15-6-7-18-13-8-12(17)9-19-16(13)15/h3-9H,1-2H3. The quantitative estimate of drug-likeness (QED) is 0.677. The number of pyridine rings is 2. The molecule has 20 heavy (non-hydrogen) atoms. The Balaban J connectivity index is 2.09. The molecule has 100 valence electrons. The molecule has 0 saturated carbocycles. The van der Waals surface area contributed by atoms with Crippen LogP contribution in [0.3, 0.4) is 0 Å². The lowest BCUT2D eigenvalue weighted by Crippen LogP contribution is -1.93. The zero-order chi connectivity index (χ0) is 14.1. The van der Waals surface area contributed by atoms with Gasteiger partial charge in [0.15, 0.2) is 5.75 Å². The van der Waals surface area contributed by atoms with Gasteiger partial charge >= 0.3 is 0 Å². The van der Waals surface area contributed by atoms with Crippen LogP contribution in [-0.2, 0) is 0 Å². The van der Waals surface area contributed by atoms with Crippen molar-refractivity contribution in [2.24, 2.45) is 0 Å². The highest BCUT2D eigenvalue weighted by molar-refractivity contribution is 9.10. The molecule has 0 aliphatic heterocycles. The summed E-state index contributed by atoms with van der Waals surface area (Å²) in [6, 6.07) is 9.80. The molecule has 3 nitrogen and oxygen atoms in total. The van der Waals surface area contributed by atoms with Crippen LogP contribution in [0.5, 0.6) is 11.5 Å². The maximum absolute atomic E-state index is 6.03. The summed E-state index contributed by atoms with van der Waals surface area (Å²) in [5.74, 6) is 1.57. The number of hydrogen-bond acceptors (Lipinski definition) is 3. The number of aromatic nitrogens is 2. The van der Waals surface area contributed by atoms with Crippen molar-refractivity contribution in [3.63, 3.8) is 0 Å². The molecule has 0 fully saturated rings. The third kappa shape index (κ3) is 2.39. The van der Waals surface area contributed by atoms with E-state index < -0.39 is 0 Å². The average molecular weight is 329 g/mol. The zero-order valence-corrected chi connectivity index (χ0v) is 12.8. The topological polar surface area (TPSA) is 35.0 Å². The molecule has 3 aromatic rings. The Morgan fingerprint density at radius 2 is 1.90 bits per heavy atom. The fourth-order valence-corrected chi connectivity index (χ4v) is 2.34. The Kier molecular flexibility index (Phi) is 3.40. The summed E-state index contributed by atoms with van der Waals surface area (Å²) in [7, 11) is 0. The number of fused-ring (bicyclic) bond motifs is 1. The van der Waals surface area contributed by atoms with Crippen LogP contribution in [0.2, 0.25) is 0 Å². The minimum atomic E-state index is 0.719. The van der Waals surface area contributed by atoms with Gasteiger partial charge in [-0.15, -0.1) is 0 Å². The number of hydrogen-bond donors (Lipinski definition) is 0. The molecular formula is C16H13BrN2O. The van der Waals surface area contributed by atoms with Gasteiger partial charge in [0.05, 0.1) is 5.52 Å². The van der Waals surface area contributed by atoms with Crippen molar-refractivity contribution in [2.75, 3.05) is 0 Å². The third-order valence-electron chi connectivity index (χ3n) is 3.28. The second-order valence-corrected chi connectivity index (χ2v) is 5.55. The molecule has 0 aliphatic carbocycles. The first-order valence-corrected chi connectivity index (χ1v) is 7.09. The van der Waals surface area contributed by atoms with E-state index in [1.54, 1.807) is 12.4 Å². The average Bonchev–Trinajstić information content (AvgIpc) is 2.44. The Hall–Kier alpha value is -1.94. The van der Waals surface area contributed by atoms with Crippen LogP contribution in [0.1, 0.15) is 11.1 Å². The molecule has 0 spiro atoms. The van der Waals surface area contributed by atoms with E-state index in [1.165, 1.54) is 5.56 Å². The number of halogens is 1. The van der Waals surface area contributed by atoms with Crippen molar-refractivity contribution in [1.82, 2.24) is 9.97 Å². The minimum Gasteiger partial charge on any atom is -0.455 e. The van der Waals surface area contributed by atoms with E-state index in [1.807, 2.05) is 24.3 Å². The minimum absolute atomic E-state index is 0.719. The Labute approximate surface area is 125 Å². The van der Waals surface area contributed by atoms with Gasteiger partial charge in [0.1, 0.15) is 11.3 Å². The Morgan fingerprint density at radius 1 is 1.05 bits per heavy atom. The fraction of sp³-hybridized carbons (Fsp3) is 0.125. The van der Waals surface area contributed by atoms with Crippen LogP contribution < -0.4 is 4.74 Å². The Bertz CT molecular complexity index is 787. The van der Waals surface area contributed by atoms with Crippen LogP contribution in [0, 0.1) is 13.8 Å². The molecular weight excluding hydrogens is 316 g/mol. The summed E-state index contributed by atoms with van der Waals surface area (Å²) in [4.78, 5) is 8.71. The van der Waals surface area contributed by atoms with Gasteiger partial charge in [-0.3, -0.25) is 4.98 Å². The number of aryl methyl sites for hydroxylation is 1. The van der Waals surface area contributed by atoms with Gasteiger partial charge in [-0.2, -0.15) is 0 Å². The normalized spacial score (nSPS) is 10.8. The summed E-state index contributed by atoms with van der Waals surface area (Å²) in [6.07, 6.45) is 3.48. The van der Waals surface area contributed by atoms with Crippen molar-refractivity contribution in [2.45, 2.75) is 13.8 Å². The van der Waals surface area contributed by atoms with E-state index in [9.17, 15) is 0 Å². The lowest BCUT2D eigenvalue weighted by Gasteiger charge is -2.11. The molecule has 0 N–H and O–H groups in total. The maximum Gasteiger partial charge on any atom is 0.156 e. The Morgan fingerprint density at radius 3 is 2.75 bits per heavy atom. The van der Waals surface area contributed by atoms with E-state index in [0.717, 1.165) is 32.6 Å². The summed E-state index contributed by atoms with van der Waals surface area (Å²) < 4.78 is 6.93. The van der Waals surface area contributed by atoms with Gasteiger partial charge in [0.2, 0.25) is 0 Å². The van der Waals surface area contributed by atoms with Crippen molar-refractivity contribution in [3.8, 4) is 11.5 Å². The van der Waals surface area contributed by atoms with E-state index in [2.05, 4.69) is 45.8 Å². The zero-order valence-electron chi connectivity index (χ0n) is 11.2. The van der Waals surface area contributed by atoms with Crippen LogP contribution in [0.15, 0.2) is 47.2 Å². The molecule has 0 unspecified atom stereocenters. The van der Waals surface area contributed by atoms with E-state index >= 15 is 0 Å². The van der Waals surface area contributed by atoms with Crippen LogP contribution in [0.25, 0.3) is 11.0 Å². The second-order valence-electron chi connectivity index (χ2n) is 4.63. The molecule has 0 amide bonds. The third-order valence-corrected chi connectivity index (χ3v) is 3.72. The first-order valence-electron chi connectivity index (χ1n) is 6.29. The second kappa shape index (κ2) is 5.21. The SMILES string of the molecule is Cc1cccc(Oc2ccnc3cc(Br)cnc23)c1C. The van der Waals surface area contributed by atoms with Crippen LogP contribution in [-0.4, -0.2) is 9.97 Å². The molecule has 3 rings (SSSR count). The maximum atomic E-state index is 6.03. The highest BCUT2D eigenvalue weighted by Crippen LogP contribution is 2.31. The molecule has 2 heterocycles. The van der Waals surface area contributed by atoms with Gasteiger partial charge in [-0.05, 0) is 53.0 Å². The first-order chi connectivity index (χ1) is 9.65. The van der Waals surface area contributed by atoms with Gasteiger partial charge in [-0.1, -0.05) is 12.1 Å². The van der Waals surface area contributed by atoms with Gasteiger partial charge in [0, 0.05) is 22.9 Å². The molecule has 0 saturated heterocycles. The summed E-state index contributed by atoms with van der Waals surface area (Å²) >= 11 is 3.40. The molecule has 1 aromatic carbocycles. The summed E-state index contributed by atoms with van der Waals surface area (Å²) in [5.41, 5.74) is 3.91. The highest BCUT2D eigenvalue weighted by atomic mass is 79.9. The predicted octanol–water partition coefficient (Wildman–Crippen LogP) is 4.80. The van der Waals surface area contributed by atoms with E-state index in [0.29, 0.717) is 0 Å². The van der Waals surface area contributed by atoms with E-state index in [4.69, 9.17) is 4.74 Å². The first kappa shape index (κ1) is 13.1. The van der Waals surface area contributed by atoms with Crippen molar-refractivity contribution in [3.05, 3.63) is 58.3 Å². The largest absolute Gasteiger partial charge is 0.455 e. The van der Waals surface area contributed by atoms with Crippen LogP contribution >= 0.6 is 15.9 Å². The number of rotatable bonds is 2. The monoisotopic (exact) mass is 328 g/mol. The smallest absolute Gasteiger partial charge is 0.156 e. The van der Waals surface area contributed by atoms with Crippen LogP contribution in [0.4, 0.5) is 0 Å². The van der Waals surface area contributed by atoms with E-state index in [-0.39, 0.29) is 0 Å².